The van der Waals surface area contributed by atoms with E-state index in [1.54, 1.807) is 0 Å². The minimum absolute atomic E-state index is 0.0437. The average molecular weight is 328 g/mol. The first-order valence-electron chi connectivity index (χ1n) is 8.24. The van der Waals surface area contributed by atoms with Crippen LogP contribution < -0.4 is 5.32 Å². The van der Waals surface area contributed by atoms with Crippen LogP contribution in [0, 0.1) is 11.8 Å². The second-order valence-corrected chi connectivity index (χ2v) is 9.06. The van der Waals surface area contributed by atoms with Gasteiger partial charge < -0.3 is 10.2 Å². The Morgan fingerprint density at radius 2 is 1.64 bits per heavy atom. The number of amides is 2. The predicted molar refractivity (Wildman–Crippen MR) is 81.8 cm³/mol. The van der Waals surface area contributed by atoms with Crippen molar-refractivity contribution in [1.82, 2.24) is 10.2 Å². The van der Waals surface area contributed by atoms with Crippen molar-refractivity contribution in [3.05, 3.63) is 0 Å². The average Bonchev–Trinajstić information content (AvgIpc) is 2.76. The molecule has 2 heterocycles. The molecule has 0 radical (unpaired) electrons. The van der Waals surface area contributed by atoms with E-state index in [9.17, 15) is 18.0 Å². The molecule has 2 aliphatic heterocycles. The zero-order valence-corrected chi connectivity index (χ0v) is 13.6. The fourth-order valence-electron chi connectivity index (χ4n) is 3.50. The van der Waals surface area contributed by atoms with Crippen molar-refractivity contribution in [2.24, 2.45) is 11.8 Å². The van der Waals surface area contributed by atoms with E-state index < -0.39 is 9.84 Å². The third kappa shape index (κ3) is 3.45. The third-order valence-electron chi connectivity index (χ3n) is 5.21. The van der Waals surface area contributed by atoms with E-state index in [2.05, 4.69) is 5.32 Å². The number of nitrogens with one attached hydrogen (secondary N) is 1. The molecule has 0 aromatic heterocycles. The number of hydrogen-bond acceptors (Lipinski definition) is 4. The molecule has 1 aliphatic carbocycles. The SMILES string of the molecule is O=C(NC1CCS(=O)(=O)C1)C1CCN(C(=O)C2CCC2)CC1. The molecular weight excluding hydrogens is 304 g/mol. The summed E-state index contributed by atoms with van der Waals surface area (Å²) in [6.45, 7) is 1.30. The molecule has 0 spiro atoms. The van der Waals surface area contributed by atoms with Gasteiger partial charge in [-0.15, -0.1) is 0 Å². The second-order valence-electron chi connectivity index (χ2n) is 6.84. The summed E-state index contributed by atoms with van der Waals surface area (Å²) in [7, 11) is -2.97. The monoisotopic (exact) mass is 328 g/mol. The molecule has 2 amide bonds. The first-order valence-corrected chi connectivity index (χ1v) is 10.1. The van der Waals surface area contributed by atoms with Crippen molar-refractivity contribution in [2.75, 3.05) is 24.6 Å². The summed E-state index contributed by atoms with van der Waals surface area (Å²) in [6, 6.07) is -0.230. The maximum atomic E-state index is 12.2. The van der Waals surface area contributed by atoms with Crippen LogP contribution >= 0.6 is 0 Å². The Balaban J connectivity index is 1.44. The third-order valence-corrected chi connectivity index (χ3v) is 6.98. The number of likely N-dealkylation sites (tertiary alicyclic amines) is 1. The Morgan fingerprint density at radius 1 is 0.955 bits per heavy atom. The van der Waals surface area contributed by atoms with E-state index in [1.807, 2.05) is 4.90 Å². The van der Waals surface area contributed by atoms with Crippen LogP contribution in [0.1, 0.15) is 38.5 Å². The van der Waals surface area contributed by atoms with Crippen molar-refractivity contribution in [3.8, 4) is 0 Å². The normalized spacial score (nSPS) is 29.1. The van der Waals surface area contributed by atoms with Crippen LogP contribution in [0.15, 0.2) is 0 Å². The van der Waals surface area contributed by atoms with E-state index in [0.29, 0.717) is 32.4 Å². The maximum absolute atomic E-state index is 12.2. The maximum Gasteiger partial charge on any atom is 0.225 e. The van der Waals surface area contributed by atoms with Crippen LogP contribution in [0.25, 0.3) is 0 Å². The summed E-state index contributed by atoms with van der Waals surface area (Å²) >= 11 is 0. The van der Waals surface area contributed by atoms with Gasteiger partial charge in [-0.1, -0.05) is 6.42 Å². The minimum atomic E-state index is -2.97. The van der Waals surface area contributed by atoms with Gasteiger partial charge in [-0.25, -0.2) is 8.42 Å². The van der Waals surface area contributed by atoms with Crippen molar-refractivity contribution >= 4 is 21.7 Å². The second kappa shape index (κ2) is 6.18. The van der Waals surface area contributed by atoms with E-state index in [0.717, 1.165) is 19.3 Å². The molecule has 124 valence electrons. The number of sulfone groups is 1. The Kier molecular flexibility index (Phi) is 4.43. The van der Waals surface area contributed by atoms with Gasteiger partial charge in [0.05, 0.1) is 11.5 Å². The smallest absolute Gasteiger partial charge is 0.225 e. The van der Waals surface area contributed by atoms with Gasteiger partial charge in [0.2, 0.25) is 11.8 Å². The lowest BCUT2D eigenvalue weighted by molar-refractivity contribution is -0.141. The van der Waals surface area contributed by atoms with Gasteiger partial charge in [-0.05, 0) is 32.1 Å². The zero-order valence-electron chi connectivity index (χ0n) is 12.8. The van der Waals surface area contributed by atoms with Gasteiger partial charge in [0.25, 0.3) is 0 Å². The van der Waals surface area contributed by atoms with Gasteiger partial charge in [0, 0.05) is 31.0 Å². The highest BCUT2D eigenvalue weighted by Crippen LogP contribution is 2.30. The number of rotatable bonds is 3. The van der Waals surface area contributed by atoms with E-state index in [-0.39, 0.29) is 41.2 Å². The fraction of sp³-hybridized carbons (Fsp3) is 0.867. The lowest BCUT2D eigenvalue weighted by atomic mass is 9.83. The van der Waals surface area contributed by atoms with Crippen molar-refractivity contribution in [3.63, 3.8) is 0 Å². The summed E-state index contributed by atoms with van der Waals surface area (Å²) in [5, 5.41) is 2.87. The molecular formula is C15H24N2O4S. The van der Waals surface area contributed by atoms with Crippen LogP contribution in [0.2, 0.25) is 0 Å². The van der Waals surface area contributed by atoms with E-state index in [4.69, 9.17) is 0 Å². The minimum Gasteiger partial charge on any atom is -0.352 e. The molecule has 0 bridgehead atoms. The molecule has 7 heteroatoms. The van der Waals surface area contributed by atoms with E-state index >= 15 is 0 Å². The molecule has 6 nitrogen and oxygen atoms in total. The Hall–Kier alpha value is -1.11. The number of carbonyl (C=O) groups is 2. The summed E-state index contributed by atoms with van der Waals surface area (Å²) in [4.78, 5) is 26.3. The topological polar surface area (TPSA) is 83.6 Å². The highest BCUT2D eigenvalue weighted by Gasteiger charge is 2.35. The summed E-state index contributed by atoms with van der Waals surface area (Å²) in [6.07, 6.45) is 5.06. The summed E-state index contributed by atoms with van der Waals surface area (Å²) in [5.74, 6) is 0.581. The Morgan fingerprint density at radius 3 is 2.14 bits per heavy atom. The molecule has 0 aromatic carbocycles. The van der Waals surface area contributed by atoms with Crippen LogP contribution in [-0.4, -0.2) is 55.8 Å². The van der Waals surface area contributed by atoms with Gasteiger partial charge in [-0.3, -0.25) is 9.59 Å². The van der Waals surface area contributed by atoms with Gasteiger partial charge in [-0.2, -0.15) is 0 Å². The largest absolute Gasteiger partial charge is 0.352 e. The molecule has 3 fully saturated rings. The lowest BCUT2D eigenvalue weighted by Gasteiger charge is -2.36. The van der Waals surface area contributed by atoms with Crippen LogP contribution in [0.4, 0.5) is 0 Å². The number of hydrogen-bond donors (Lipinski definition) is 1. The van der Waals surface area contributed by atoms with Crippen molar-refractivity contribution < 1.29 is 18.0 Å². The molecule has 2 saturated heterocycles. The van der Waals surface area contributed by atoms with Gasteiger partial charge in [0.1, 0.15) is 0 Å². The summed E-state index contributed by atoms with van der Waals surface area (Å²) in [5.41, 5.74) is 0. The standard InChI is InChI=1S/C15H24N2O4S/c18-14(16-13-6-9-22(20,21)10-13)11-4-7-17(8-5-11)15(19)12-2-1-3-12/h11-13H,1-10H2,(H,16,18). The molecule has 3 rings (SSSR count). The number of carbonyl (C=O) groups excluding carboxylic acids is 2. The predicted octanol–water partition coefficient (Wildman–Crippen LogP) is 0.328. The molecule has 22 heavy (non-hydrogen) atoms. The van der Waals surface area contributed by atoms with Crippen LogP contribution in [-0.2, 0) is 19.4 Å². The van der Waals surface area contributed by atoms with Crippen molar-refractivity contribution in [1.29, 1.82) is 0 Å². The quantitative estimate of drug-likeness (QED) is 0.809. The molecule has 1 saturated carbocycles. The first kappa shape index (κ1) is 15.8. The van der Waals surface area contributed by atoms with E-state index in [1.165, 1.54) is 0 Å². The van der Waals surface area contributed by atoms with Gasteiger partial charge in [0.15, 0.2) is 9.84 Å². The summed E-state index contributed by atoms with van der Waals surface area (Å²) < 4.78 is 22.8. The highest BCUT2D eigenvalue weighted by atomic mass is 32.2. The zero-order chi connectivity index (χ0) is 15.7. The number of nitrogens with zero attached hydrogens (tertiary/aromatic N) is 1. The molecule has 1 unspecified atom stereocenters. The molecule has 3 aliphatic rings. The molecule has 0 aromatic rings. The van der Waals surface area contributed by atoms with Crippen LogP contribution in [0.5, 0.6) is 0 Å². The lowest BCUT2D eigenvalue weighted by Crippen LogP contribution is -2.47. The Labute approximate surface area is 131 Å². The first-order chi connectivity index (χ1) is 10.4. The van der Waals surface area contributed by atoms with Crippen LogP contribution in [0.3, 0.4) is 0 Å². The molecule has 1 atom stereocenters. The van der Waals surface area contributed by atoms with Crippen molar-refractivity contribution in [2.45, 2.75) is 44.6 Å². The number of piperidine rings is 1. The fourth-order valence-corrected chi connectivity index (χ4v) is 5.18. The molecule has 1 N–H and O–H groups in total. The highest BCUT2D eigenvalue weighted by molar-refractivity contribution is 7.91. The van der Waals surface area contributed by atoms with Gasteiger partial charge >= 0.3 is 0 Å². The Bertz CT molecular complexity index is 548.